The minimum atomic E-state index is -5.06. The van der Waals surface area contributed by atoms with Gasteiger partial charge in [-0.15, -0.1) is 0 Å². The lowest BCUT2D eigenvalue weighted by molar-refractivity contribution is -0.163. The molecule has 2 aromatic rings. The number of rotatable bonds is 7. The van der Waals surface area contributed by atoms with Crippen molar-refractivity contribution in [1.82, 2.24) is 19.6 Å². The number of benzene rings is 2. The maximum Gasteiger partial charge on any atom is 0.416 e. The first kappa shape index (κ1) is 32.5. The fourth-order valence-corrected chi connectivity index (χ4v) is 5.85. The first-order chi connectivity index (χ1) is 21.3. The quantitative estimate of drug-likeness (QED) is 0.425. The van der Waals surface area contributed by atoms with Gasteiger partial charge in [-0.25, -0.2) is 4.79 Å². The van der Waals surface area contributed by atoms with Gasteiger partial charge in [0.15, 0.2) is 0 Å². The number of hydrogen-bond acceptors (Lipinski definition) is 6. The second-order valence-electron chi connectivity index (χ2n) is 11.2. The number of amides is 3. The van der Waals surface area contributed by atoms with Crippen molar-refractivity contribution in [2.75, 3.05) is 52.5 Å². The van der Waals surface area contributed by atoms with Crippen LogP contribution in [0.5, 0.6) is 0 Å². The number of morpholine rings is 1. The van der Waals surface area contributed by atoms with Gasteiger partial charge >= 0.3 is 18.4 Å². The average molecular weight is 643 g/mol. The van der Waals surface area contributed by atoms with Gasteiger partial charge in [-0.1, -0.05) is 30.3 Å². The van der Waals surface area contributed by atoms with E-state index in [0.717, 1.165) is 5.56 Å². The van der Waals surface area contributed by atoms with E-state index in [1.54, 1.807) is 35.2 Å². The Labute approximate surface area is 255 Å². The normalized spacial score (nSPS) is 21.6. The maximum atomic E-state index is 13.7. The van der Waals surface area contributed by atoms with E-state index in [9.17, 15) is 40.7 Å². The molecule has 3 saturated heterocycles. The molecule has 3 fully saturated rings. The van der Waals surface area contributed by atoms with Crippen LogP contribution in [0.3, 0.4) is 0 Å². The molecule has 2 aromatic carbocycles. The highest BCUT2D eigenvalue weighted by Gasteiger charge is 2.48. The molecule has 9 nitrogen and oxygen atoms in total. The van der Waals surface area contributed by atoms with Crippen molar-refractivity contribution in [3.8, 4) is 0 Å². The van der Waals surface area contributed by atoms with Gasteiger partial charge in [0.25, 0.3) is 0 Å². The van der Waals surface area contributed by atoms with Crippen molar-refractivity contribution in [3.63, 3.8) is 0 Å². The summed E-state index contributed by atoms with van der Waals surface area (Å²) in [5, 5.41) is 0. The van der Waals surface area contributed by atoms with Crippen molar-refractivity contribution in [2.24, 2.45) is 0 Å². The number of carbonyl (C=O) groups excluding carboxylic acids is 3. The molecule has 2 unspecified atom stereocenters. The number of ether oxygens (including phenoxy) is 2. The van der Waals surface area contributed by atoms with Crippen LogP contribution in [0.25, 0.3) is 0 Å². The lowest BCUT2D eigenvalue weighted by Gasteiger charge is -2.51. The Bertz CT molecular complexity index is 1350. The highest BCUT2D eigenvalue weighted by molar-refractivity contribution is 5.88. The Hall–Kier alpha value is -3.85. The second kappa shape index (κ2) is 13.3. The molecular formula is C30H32F6N4O5. The Kier molecular flexibility index (Phi) is 9.58. The van der Waals surface area contributed by atoms with E-state index in [4.69, 9.17) is 9.47 Å². The van der Waals surface area contributed by atoms with Crippen LogP contribution in [0.1, 0.15) is 28.7 Å². The Morgan fingerprint density at radius 1 is 0.867 bits per heavy atom. The Morgan fingerprint density at radius 3 is 2.13 bits per heavy atom. The van der Waals surface area contributed by atoms with Gasteiger partial charge in [-0.05, 0) is 35.7 Å². The van der Waals surface area contributed by atoms with E-state index in [0.29, 0.717) is 51.5 Å². The smallest absolute Gasteiger partial charge is 0.416 e. The number of hydrogen-bond donors (Lipinski definition) is 0. The molecular weight excluding hydrogens is 610 g/mol. The molecule has 0 aliphatic carbocycles. The zero-order valence-corrected chi connectivity index (χ0v) is 24.1. The van der Waals surface area contributed by atoms with Crippen molar-refractivity contribution in [3.05, 3.63) is 70.8 Å². The van der Waals surface area contributed by atoms with Crippen LogP contribution in [0, 0.1) is 0 Å². The van der Waals surface area contributed by atoms with Crippen LogP contribution >= 0.6 is 0 Å². The van der Waals surface area contributed by atoms with Crippen LogP contribution in [-0.4, -0.2) is 102 Å². The fourth-order valence-electron chi connectivity index (χ4n) is 5.85. The third-order valence-electron chi connectivity index (χ3n) is 8.17. The third kappa shape index (κ3) is 7.87. The second-order valence-corrected chi connectivity index (χ2v) is 11.2. The number of piperazine rings is 1. The average Bonchev–Trinajstić information content (AvgIpc) is 2.99. The summed E-state index contributed by atoms with van der Waals surface area (Å²) in [6.07, 6.45) is -12.0. The molecule has 244 valence electrons. The summed E-state index contributed by atoms with van der Waals surface area (Å²) in [6.45, 7) is 2.21. The summed E-state index contributed by atoms with van der Waals surface area (Å²) in [6, 6.07) is 9.25. The number of alkyl halides is 6. The summed E-state index contributed by atoms with van der Waals surface area (Å²) in [7, 11) is 0. The minimum absolute atomic E-state index is 0.000122. The van der Waals surface area contributed by atoms with Crippen molar-refractivity contribution in [2.45, 2.75) is 44.0 Å². The lowest BCUT2D eigenvalue weighted by Crippen LogP contribution is -2.70. The molecule has 3 aliphatic rings. The summed E-state index contributed by atoms with van der Waals surface area (Å²) in [5.74, 6) is -0.648. The largest absolute Gasteiger partial charge is 0.444 e. The predicted molar refractivity (Wildman–Crippen MR) is 146 cm³/mol. The number of carbonyl (C=O) groups is 3. The maximum absolute atomic E-state index is 13.7. The number of fused-ring (bicyclic) bond motifs is 1. The molecule has 3 aliphatic heterocycles. The minimum Gasteiger partial charge on any atom is -0.444 e. The standard InChI is InChI=1S/C30H32F6N4O5/c31-29(32,33)22-12-21(13-23(15-22)30(34,35)36)19-45-28(43)40-24(14-20-4-2-1-3-5-20)16-26(41)39-18-27(42)38(17-25(39)40)7-6-37-8-10-44-11-9-37/h1-5,12-13,15,24-25H,6-11,14,16-19H2. The highest BCUT2D eigenvalue weighted by Crippen LogP contribution is 2.37. The molecule has 45 heavy (non-hydrogen) atoms. The van der Waals surface area contributed by atoms with Crippen LogP contribution in [-0.2, 0) is 44.4 Å². The van der Waals surface area contributed by atoms with Crippen molar-refractivity contribution < 1.29 is 50.2 Å². The monoisotopic (exact) mass is 642 g/mol. The summed E-state index contributed by atoms with van der Waals surface area (Å²) in [4.78, 5) is 46.2. The highest BCUT2D eigenvalue weighted by atomic mass is 19.4. The van der Waals surface area contributed by atoms with Crippen LogP contribution in [0.4, 0.5) is 31.1 Å². The molecule has 0 N–H and O–H groups in total. The van der Waals surface area contributed by atoms with Gasteiger partial charge in [0.05, 0.1) is 30.9 Å². The van der Waals surface area contributed by atoms with E-state index in [2.05, 4.69) is 4.90 Å². The first-order valence-electron chi connectivity index (χ1n) is 14.4. The van der Waals surface area contributed by atoms with E-state index < -0.39 is 54.0 Å². The summed E-state index contributed by atoms with van der Waals surface area (Å²) in [5.41, 5.74) is -2.75. The van der Waals surface area contributed by atoms with Gasteiger partial charge in [-0.3, -0.25) is 19.4 Å². The molecule has 2 atom stereocenters. The van der Waals surface area contributed by atoms with Crippen molar-refractivity contribution >= 4 is 17.9 Å². The van der Waals surface area contributed by atoms with Gasteiger partial charge in [0.1, 0.15) is 19.3 Å². The van der Waals surface area contributed by atoms with Crippen LogP contribution < -0.4 is 0 Å². The van der Waals surface area contributed by atoms with Gasteiger partial charge in [0.2, 0.25) is 11.8 Å². The SMILES string of the molecule is O=C1CN2C(=O)CC(Cc3ccccc3)N(C(=O)OCc3cc(C(F)(F)F)cc(C(F)(F)F)c3)C2CN1CCN1CCOCC1. The Balaban J connectivity index is 1.39. The number of halogens is 6. The molecule has 0 bridgehead atoms. The van der Waals surface area contributed by atoms with Crippen molar-refractivity contribution in [1.29, 1.82) is 0 Å². The Morgan fingerprint density at radius 2 is 1.51 bits per heavy atom. The molecule has 0 saturated carbocycles. The van der Waals surface area contributed by atoms with Gasteiger partial charge in [-0.2, -0.15) is 26.3 Å². The first-order valence-corrected chi connectivity index (χ1v) is 14.4. The number of nitrogens with zero attached hydrogens (tertiary/aromatic N) is 4. The summed E-state index contributed by atoms with van der Waals surface area (Å²) < 4.78 is 91.1. The van der Waals surface area contributed by atoms with Crippen LogP contribution in [0.15, 0.2) is 48.5 Å². The molecule has 0 radical (unpaired) electrons. The van der Waals surface area contributed by atoms with Crippen LogP contribution in [0.2, 0.25) is 0 Å². The molecule has 3 heterocycles. The molecule has 15 heteroatoms. The van der Waals surface area contributed by atoms with Gasteiger partial charge < -0.3 is 19.3 Å². The molecule has 5 rings (SSSR count). The van der Waals surface area contributed by atoms with Gasteiger partial charge in [0, 0.05) is 38.6 Å². The third-order valence-corrected chi connectivity index (χ3v) is 8.17. The topological polar surface area (TPSA) is 82.6 Å². The lowest BCUT2D eigenvalue weighted by atomic mass is 9.97. The molecule has 0 spiro atoms. The fraction of sp³-hybridized carbons (Fsp3) is 0.500. The van der Waals surface area contributed by atoms with E-state index in [-0.39, 0.29) is 43.8 Å². The van der Waals surface area contributed by atoms with E-state index in [1.807, 2.05) is 0 Å². The molecule has 3 amide bonds. The zero-order chi connectivity index (χ0) is 32.4. The summed E-state index contributed by atoms with van der Waals surface area (Å²) >= 11 is 0. The van der Waals surface area contributed by atoms with E-state index in [1.165, 1.54) is 9.80 Å². The van der Waals surface area contributed by atoms with E-state index >= 15 is 0 Å². The molecule has 0 aromatic heterocycles. The predicted octanol–water partition coefficient (Wildman–Crippen LogP) is 4.01. The zero-order valence-electron chi connectivity index (χ0n) is 24.1.